The molecule has 2 aliphatic carbocycles. The van der Waals surface area contributed by atoms with Gasteiger partial charge in [-0.05, 0) is 36.1 Å². The fourth-order valence-electron chi connectivity index (χ4n) is 3.68. The van der Waals surface area contributed by atoms with Gasteiger partial charge in [-0.2, -0.15) is 0 Å². The molecule has 4 aliphatic rings. The number of Topliss-reactive ketones (excluding diaryl/α,β-unsaturated/α-hetero) is 2. The Balaban J connectivity index is 1.36. The van der Waals surface area contributed by atoms with E-state index in [1.807, 2.05) is 24.3 Å². The summed E-state index contributed by atoms with van der Waals surface area (Å²) in [5, 5.41) is 0. The molecule has 2 unspecified atom stereocenters. The van der Waals surface area contributed by atoms with Crippen LogP contribution in [0, 0.1) is 0 Å². The zero-order valence-corrected chi connectivity index (χ0v) is 16.3. The van der Waals surface area contributed by atoms with Crippen molar-refractivity contribution in [2.24, 2.45) is 0 Å². The molecular formula is C23H24O6. The van der Waals surface area contributed by atoms with Crippen LogP contribution in [0.1, 0.15) is 32.1 Å². The van der Waals surface area contributed by atoms with E-state index in [9.17, 15) is 9.59 Å². The molecule has 29 heavy (non-hydrogen) atoms. The van der Waals surface area contributed by atoms with Crippen LogP contribution in [-0.2, 0) is 28.5 Å². The van der Waals surface area contributed by atoms with Crippen LogP contribution >= 0.6 is 0 Å². The molecule has 0 aromatic carbocycles. The molecule has 0 saturated carbocycles. The second-order valence-corrected chi connectivity index (χ2v) is 7.57. The van der Waals surface area contributed by atoms with Crippen molar-refractivity contribution in [3.63, 3.8) is 0 Å². The average molecular weight is 396 g/mol. The summed E-state index contributed by atoms with van der Waals surface area (Å²) in [5.41, 5.74) is 3.33. The molecule has 6 nitrogen and oxygen atoms in total. The molecule has 0 amide bonds. The zero-order valence-electron chi connectivity index (χ0n) is 16.3. The Hall–Kier alpha value is -2.70. The third-order valence-corrected chi connectivity index (χ3v) is 5.22. The van der Waals surface area contributed by atoms with Gasteiger partial charge >= 0.3 is 0 Å². The number of ether oxygens (including phenoxy) is 4. The first-order valence-corrected chi connectivity index (χ1v) is 9.72. The van der Waals surface area contributed by atoms with Gasteiger partial charge in [0.2, 0.25) is 12.6 Å². The van der Waals surface area contributed by atoms with E-state index in [4.69, 9.17) is 18.9 Å². The van der Waals surface area contributed by atoms with Gasteiger partial charge in [0.05, 0.1) is 0 Å². The lowest BCUT2D eigenvalue weighted by atomic mass is 9.85. The number of hydrogen-bond donors (Lipinski definition) is 0. The number of carbonyl (C=O) groups is 2. The van der Waals surface area contributed by atoms with Gasteiger partial charge in [-0.15, -0.1) is 0 Å². The van der Waals surface area contributed by atoms with E-state index in [-0.39, 0.29) is 11.6 Å². The predicted octanol–water partition coefficient (Wildman–Crippen LogP) is 3.58. The van der Waals surface area contributed by atoms with Crippen molar-refractivity contribution in [1.82, 2.24) is 0 Å². The van der Waals surface area contributed by atoms with Gasteiger partial charge in [0.25, 0.3) is 0 Å². The molecule has 0 aromatic rings. The number of hydrogen-bond acceptors (Lipinski definition) is 6. The maximum Gasteiger partial charge on any atom is 0.220 e. The highest BCUT2D eigenvalue weighted by Gasteiger charge is 2.26. The third kappa shape index (κ3) is 4.83. The summed E-state index contributed by atoms with van der Waals surface area (Å²) in [5.74, 6) is 1.27. The second-order valence-electron chi connectivity index (χ2n) is 7.57. The summed E-state index contributed by atoms with van der Waals surface area (Å²) in [7, 11) is 0. The molecule has 4 rings (SSSR count). The van der Waals surface area contributed by atoms with Crippen molar-refractivity contribution >= 4 is 11.6 Å². The maximum atomic E-state index is 12.5. The summed E-state index contributed by atoms with van der Waals surface area (Å²) >= 11 is 0. The van der Waals surface area contributed by atoms with Crippen molar-refractivity contribution in [2.45, 2.75) is 44.7 Å². The molecule has 2 heterocycles. The first-order chi connectivity index (χ1) is 14.0. The van der Waals surface area contributed by atoms with Crippen LogP contribution in [0.4, 0.5) is 0 Å². The van der Waals surface area contributed by atoms with Crippen LogP contribution in [0.15, 0.2) is 71.3 Å². The molecule has 2 atom stereocenters. The lowest BCUT2D eigenvalue weighted by Crippen LogP contribution is -2.16. The summed E-state index contributed by atoms with van der Waals surface area (Å²) in [6.45, 7) is 8.19. The van der Waals surface area contributed by atoms with E-state index in [0.29, 0.717) is 68.0 Å². The van der Waals surface area contributed by atoms with E-state index in [2.05, 4.69) is 13.2 Å². The van der Waals surface area contributed by atoms with Crippen LogP contribution in [0.25, 0.3) is 0 Å². The van der Waals surface area contributed by atoms with E-state index in [0.717, 1.165) is 11.1 Å². The lowest BCUT2D eigenvalue weighted by Gasteiger charge is -2.19. The van der Waals surface area contributed by atoms with Crippen molar-refractivity contribution < 1.29 is 28.5 Å². The first kappa shape index (κ1) is 19.6. The molecule has 0 radical (unpaired) electrons. The first-order valence-electron chi connectivity index (χ1n) is 9.72. The number of allylic oxidation sites excluding steroid dienone is 6. The Morgan fingerprint density at radius 1 is 0.828 bits per heavy atom. The van der Waals surface area contributed by atoms with Crippen LogP contribution in [0.3, 0.4) is 0 Å². The Morgan fingerprint density at radius 3 is 1.62 bits per heavy atom. The Labute approximate surface area is 169 Å². The summed E-state index contributed by atoms with van der Waals surface area (Å²) < 4.78 is 21.7. The van der Waals surface area contributed by atoms with Gasteiger partial charge in [-0.3, -0.25) is 9.59 Å². The van der Waals surface area contributed by atoms with Crippen LogP contribution in [-0.4, -0.2) is 37.4 Å². The molecule has 0 N–H and O–H groups in total. The van der Waals surface area contributed by atoms with Gasteiger partial charge < -0.3 is 18.9 Å². The minimum Gasteiger partial charge on any atom is -0.464 e. The van der Waals surface area contributed by atoms with E-state index < -0.39 is 12.6 Å². The minimum absolute atomic E-state index is 0.0423. The topological polar surface area (TPSA) is 71.1 Å². The van der Waals surface area contributed by atoms with Crippen LogP contribution in [0.5, 0.6) is 0 Å². The largest absolute Gasteiger partial charge is 0.464 e. The standard InChI is InChI=1S/C23H24O6/c1-14-12-26-22(28-14)9-16-3-5-18(20(24)7-16)11-19-6-4-17(8-21(19)25)10-23-27-13-15(2)29-23/h5-6,9-10,22-23H,1-4,7-8,11-13H2. The summed E-state index contributed by atoms with van der Waals surface area (Å²) in [6.07, 6.45) is 8.94. The summed E-state index contributed by atoms with van der Waals surface area (Å²) in [4.78, 5) is 25.1. The predicted molar refractivity (Wildman–Crippen MR) is 105 cm³/mol. The number of ketones is 2. The Bertz CT molecular complexity index is 813. The van der Waals surface area contributed by atoms with E-state index in [1.165, 1.54) is 0 Å². The van der Waals surface area contributed by atoms with Gasteiger partial charge in [-0.1, -0.05) is 36.5 Å². The SMILES string of the molecule is C=C1COC(C=C2CC=C(CC3=CCC(=CC4OCC(=C)O4)CC3=O)C(=O)C2)O1. The van der Waals surface area contributed by atoms with Crippen LogP contribution in [0.2, 0.25) is 0 Å². The van der Waals surface area contributed by atoms with Gasteiger partial charge in [-0.25, -0.2) is 0 Å². The van der Waals surface area contributed by atoms with E-state index >= 15 is 0 Å². The van der Waals surface area contributed by atoms with Gasteiger partial charge in [0.1, 0.15) is 24.7 Å². The molecule has 0 bridgehead atoms. The maximum absolute atomic E-state index is 12.5. The smallest absolute Gasteiger partial charge is 0.220 e. The highest BCUT2D eigenvalue weighted by atomic mass is 16.7. The number of carbonyl (C=O) groups excluding carboxylic acids is 2. The molecule has 6 heteroatoms. The Morgan fingerprint density at radius 2 is 1.28 bits per heavy atom. The third-order valence-electron chi connectivity index (χ3n) is 5.22. The fourth-order valence-corrected chi connectivity index (χ4v) is 3.68. The molecule has 2 saturated heterocycles. The summed E-state index contributed by atoms with van der Waals surface area (Å²) in [6, 6.07) is 0. The second kappa shape index (κ2) is 8.35. The highest BCUT2D eigenvalue weighted by Crippen LogP contribution is 2.30. The van der Waals surface area contributed by atoms with Crippen molar-refractivity contribution in [3.05, 3.63) is 71.3 Å². The normalized spacial score (nSPS) is 30.5. The van der Waals surface area contributed by atoms with Gasteiger partial charge in [0.15, 0.2) is 11.6 Å². The zero-order chi connectivity index (χ0) is 20.4. The van der Waals surface area contributed by atoms with Crippen molar-refractivity contribution in [1.29, 1.82) is 0 Å². The lowest BCUT2D eigenvalue weighted by molar-refractivity contribution is -0.115. The van der Waals surface area contributed by atoms with Crippen molar-refractivity contribution in [2.75, 3.05) is 13.2 Å². The van der Waals surface area contributed by atoms with E-state index in [1.54, 1.807) is 0 Å². The number of rotatable bonds is 4. The highest BCUT2D eigenvalue weighted by molar-refractivity contribution is 6.03. The van der Waals surface area contributed by atoms with Crippen molar-refractivity contribution in [3.8, 4) is 0 Å². The average Bonchev–Trinajstić information content (AvgIpc) is 3.27. The Kier molecular flexibility index (Phi) is 5.65. The van der Waals surface area contributed by atoms with Crippen LogP contribution < -0.4 is 0 Å². The monoisotopic (exact) mass is 396 g/mol. The molecule has 2 fully saturated rings. The molecule has 152 valence electrons. The molecule has 0 spiro atoms. The minimum atomic E-state index is -0.460. The molecular weight excluding hydrogens is 372 g/mol. The molecule has 2 aliphatic heterocycles. The fraction of sp³-hybridized carbons (Fsp3) is 0.391. The quantitative estimate of drug-likeness (QED) is 0.677. The molecule has 0 aromatic heterocycles. The van der Waals surface area contributed by atoms with Gasteiger partial charge in [0, 0.05) is 19.3 Å².